The van der Waals surface area contributed by atoms with Crippen molar-refractivity contribution < 1.29 is 42.9 Å². The van der Waals surface area contributed by atoms with E-state index in [9.17, 15) is 19.2 Å². The highest BCUT2D eigenvalue weighted by atomic mass is 16.9. The Hall–Kier alpha value is -5.40. The van der Waals surface area contributed by atoms with Crippen molar-refractivity contribution in [3.63, 3.8) is 0 Å². The molecule has 0 radical (unpaired) electrons. The molecular formula is C39H49N9O9. The van der Waals surface area contributed by atoms with Gasteiger partial charge >= 0.3 is 6.09 Å². The maximum atomic E-state index is 13.8. The van der Waals surface area contributed by atoms with Crippen molar-refractivity contribution in [2.75, 3.05) is 46.5 Å². The van der Waals surface area contributed by atoms with Crippen LogP contribution >= 0.6 is 0 Å². The van der Waals surface area contributed by atoms with E-state index in [1.807, 2.05) is 54.3 Å². The minimum atomic E-state index is -1.03. The number of aromatic nitrogens is 4. The van der Waals surface area contributed by atoms with Gasteiger partial charge in [0.1, 0.15) is 23.9 Å². The molecule has 7 rings (SSSR count). The fourth-order valence-electron chi connectivity index (χ4n) is 7.58. The number of anilines is 1. The summed E-state index contributed by atoms with van der Waals surface area (Å²) in [6, 6.07) is 11.2. The van der Waals surface area contributed by atoms with Crippen LogP contribution in [-0.4, -0.2) is 132 Å². The Balaban J connectivity index is 1.03. The smallest absolute Gasteiger partial charge is 0.407 e. The lowest BCUT2D eigenvalue weighted by atomic mass is 10.0. The minimum absolute atomic E-state index is 0.100. The Morgan fingerprint density at radius 1 is 0.860 bits per heavy atom. The number of H-pyrrole nitrogens is 2. The monoisotopic (exact) mass is 787 g/mol. The molecule has 18 nitrogen and oxygen atoms in total. The lowest BCUT2D eigenvalue weighted by molar-refractivity contribution is -0.336. The first-order valence-electron chi connectivity index (χ1n) is 19.0. The zero-order valence-electron chi connectivity index (χ0n) is 32.6. The standard InChI is InChI=1S/C39H49N9O9/c1-21(53-3)31(42-38(52)55-5)36(50)48-17-7-9-30(48)35(49)44-33-26-18-25(14-15-27(26)45-46-33)23-10-12-24(13-11-23)28-19-40-34(41-28)29-8-6-16-47(29)37(51)32(22(2)54-4)43-39-56-20-57-39/h10-15,18-19,21-22,29-32,39,43H,6-9,16-17,20H2,1-5H3,(H,40,41)(H,42,52)(H2,44,45,46,49)/t21-,22-,29+,30+,31+,32+/m1/s1. The van der Waals surface area contributed by atoms with E-state index in [0.717, 1.165) is 40.7 Å². The number of carbonyl (C=O) groups is 4. The number of benzene rings is 2. The van der Waals surface area contributed by atoms with Gasteiger partial charge in [-0.25, -0.2) is 9.78 Å². The predicted molar refractivity (Wildman–Crippen MR) is 206 cm³/mol. The molecule has 2 aromatic heterocycles. The quantitative estimate of drug-likeness (QED) is 0.125. The Labute approximate surface area is 329 Å². The molecule has 6 atom stereocenters. The van der Waals surface area contributed by atoms with Gasteiger partial charge in [-0.1, -0.05) is 30.3 Å². The van der Waals surface area contributed by atoms with E-state index in [-0.39, 0.29) is 24.6 Å². The summed E-state index contributed by atoms with van der Waals surface area (Å²) >= 11 is 0. The largest absolute Gasteiger partial charge is 0.453 e. The number of nitrogens with one attached hydrogen (secondary N) is 5. The highest BCUT2D eigenvalue weighted by molar-refractivity contribution is 6.04. The fraction of sp³-hybridized carbons (Fsp3) is 0.487. The Bertz CT molecular complexity index is 2070. The number of likely N-dealkylation sites (tertiary alicyclic amines) is 2. The number of methoxy groups -OCH3 is 3. The van der Waals surface area contributed by atoms with Gasteiger partial charge in [0, 0.05) is 32.7 Å². The second kappa shape index (κ2) is 17.4. The van der Waals surface area contributed by atoms with Gasteiger partial charge in [-0.15, -0.1) is 0 Å². The average Bonchev–Trinajstić information content (AvgIpc) is 4.05. The summed E-state index contributed by atoms with van der Waals surface area (Å²) in [4.78, 5) is 64.4. The highest BCUT2D eigenvalue weighted by Gasteiger charge is 2.41. The second-order valence-electron chi connectivity index (χ2n) is 14.4. The molecule has 3 aliphatic heterocycles. The third-order valence-corrected chi connectivity index (χ3v) is 11.0. The van der Waals surface area contributed by atoms with Crippen LogP contribution in [0.4, 0.5) is 10.6 Å². The molecule has 0 unspecified atom stereocenters. The van der Waals surface area contributed by atoms with Crippen molar-refractivity contribution in [3.8, 4) is 22.4 Å². The number of aromatic amines is 2. The maximum Gasteiger partial charge on any atom is 0.407 e. The van der Waals surface area contributed by atoms with Crippen molar-refractivity contribution >= 4 is 40.5 Å². The van der Waals surface area contributed by atoms with Crippen LogP contribution in [-0.2, 0) is 38.1 Å². The van der Waals surface area contributed by atoms with E-state index < -0.39 is 48.7 Å². The number of amides is 4. The number of rotatable bonds is 14. The summed E-state index contributed by atoms with van der Waals surface area (Å²) in [5.41, 5.74) is 4.34. The first-order chi connectivity index (χ1) is 27.6. The van der Waals surface area contributed by atoms with Crippen molar-refractivity contribution in [2.24, 2.45) is 0 Å². The topological polar surface area (TPSA) is 214 Å². The highest BCUT2D eigenvalue weighted by Crippen LogP contribution is 2.34. The third kappa shape index (κ3) is 8.36. The van der Waals surface area contributed by atoms with Crippen molar-refractivity contribution in [3.05, 3.63) is 54.5 Å². The van der Waals surface area contributed by atoms with Gasteiger partial charge < -0.3 is 49.1 Å². The van der Waals surface area contributed by atoms with E-state index in [1.165, 1.54) is 19.1 Å². The van der Waals surface area contributed by atoms with Gasteiger partial charge in [0.15, 0.2) is 12.6 Å². The third-order valence-electron chi connectivity index (χ3n) is 11.0. The normalized spacial score (nSPS) is 20.5. The van der Waals surface area contributed by atoms with Crippen molar-refractivity contribution in [1.29, 1.82) is 0 Å². The molecule has 2 aromatic carbocycles. The van der Waals surface area contributed by atoms with E-state index in [1.54, 1.807) is 20.2 Å². The summed E-state index contributed by atoms with van der Waals surface area (Å²) in [6.45, 7) is 4.64. The Kier molecular flexibility index (Phi) is 12.2. The Morgan fingerprint density at radius 3 is 2.23 bits per heavy atom. The van der Waals surface area contributed by atoms with Crippen LogP contribution in [0, 0.1) is 0 Å². The van der Waals surface area contributed by atoms with Gasteiger partial charge in [0.2, 0.25) is 24.1 Å². The van der Waals surface area contributed by atoms with Gasteiger partial charge in [-0.05, 0) is 68.4 Å². The number of carbonyl (C=O) groups excluding carboxylic acids is 4. The van der Waals surface area contributed by atoms with Crippen LogP contribution in [0.3, 0.4) is 0 Å². The Morgan fingerprint density at radius 2 is 1.53 bits per heavy atom. The number of imidazole rings is 1. The first kappa shape index (κ1) is 39.8. The molecule has 3 saturated heterocycles. The zero-order valence-corrected chi connectivity index (χ0v) is 32.6. The minimum Gasteiger partial charge on any atom is -0.453 e. The van der Waals surface area contributed by atoms with Crippen LogP contribution in [0.1, 0.15) is 51.4 Å². The fourth-order valence-corrected chi connectivity index (χ4v) is 7.58. The molecule has 0 aliphatic carbocycles. The second-order valence-corrected chi connectivity index (χ2v) is 14.4. The van der Waals surface area contributed by atoms with Crippen LogP contribution in [0.2, 0.25) is 0 Å². The van der Waals surface area contributed by atoms with Crippen molar-refractivity contribution in [1.82, 2.24) is 40.6 Å². The van der Waals surface area contributed by atoms with Crippen LogP contribution < -0.4 is 16.0 Å². The number of fused-ring (bicyclic) bond motifs is 1. The van der Waals surface area contributed by atoms with Crippen LogP contribution in [0.5, 0.6) is 0 Å². The number of nitrogens with zero attached hydrogens (tertiary/aromatic N) is 4. The number of alkyl carbamates (subject to hydrolysis) is 1. The molecule has 0 saturated carbocycles. The molecule has 57 heavy (non-hydrogen) atoms. The lowest BCUT2D eigenvalue weighted by Crippen LogP contribution is -2.58. The summed E-state index contributed by atoms with van der Waals surface area (Å²) in [6.07, 6.45) is 2.02. The summed E-state index contributed by atoms with van der Waals surface area (Å²) in [7, 11) is 4.22. The molecule has 4 amide bonds. The zero-order chi connectivity index (χ0) is 40.2. The van der Waals surface area contributed by atoms with E-state index in [2.05, 4.69) is 31.1 Å². The molecule has 5 heterocycles. The number of hydrogen-bond acceptors (Lipinski definition) is 12. The molecule has 304 valence electrons. The first-order valence-corrected chi connectivity index (χ1v) is 19.0. The maximum absolute atomic E-state index is 13.8. The predicted octanol–water partition coefficient (Wildman–Crippen LogP) is 3.25. The van der Waals surface area contributed by atoms with Gasteiger partial charge in [-0.2, -0.15) is 5.10 Å². The SMILES string of the molecule is COC(=O)N[C@H](C(=O)N1CCC[C@H]1C(=O)Nc1n[nH]c2ccc(-c3ccc(-c4cnc([C@@H]5CCCN5C(=O)[C@@H](NC5OCO5)[C@@H](C)OC)[nH]4)cc3)cc12)[C@@H](C)OC. The van der Waals surface area contributed by atoms with Gasteiger partial charge in [0.05, 0.1) is 42.8 Å². The number of hydrogen-bond donors (Lipinski definition) is 5. The van der Waals surface area contributed by atoms with E-state index in [4.69, 9.17) is 28.7 Å². The molecule has 0 bridgehead atoms. The number of ether oxygens (including phenoxy) is 5. The van der Waals surface area contributed by atoms with Crippen LogP contribution in [0.15, 0.2) is 48.7 Å². The average molecular weight is 788 g/mol. The molecule has 18 heteroatoms. The molecule has 3 fully saturated rings. The summed E-state index contributed by atoms with van der Waals surface area (Å²) < 4.78 is 26.2. The molecule has 4 aromatic rings. The van der Waals surface area contributed by atoms with Gasteiger partial charge in [-0.3, -0.25) is 24.8 Å². The molecule has 5 N–H and O–H groups in total. The molecular weight excluding hydrogens is 738 g/mol. The summed E-state index contributed by atoms with van der Waals surface area (Å²) in [5, 5.41) is 16.6. The molecule has 0 spiro atoms. The van der Waals surface area contributed by atoms with E-state index in [0.29, 0.717) is 43.0 Å². The molecule has 3 aliphatic rings. The van der Waals surface area contributed by atoms with E-state index >= 15 is 0 Å². The van der Waals surface area contributed by atoms with Gasteiger partial charge in [0.25, 0.3) is 0 Å². The summed E-state index contributed by atoms with van der Waals surface area (Å²) in [5.74, 6) is 0.143. The van der Waals surface area contributed by atoms with Crippen molar-refractivity contribution in [2.45, 2.75) is 82.3 Å². The van der Waals surface area contributed by atoms with Crippen LogP contribution in [0.25, 0.3) is 33.3 Å². The lowest BCUT2D eigenvalue weighted by Gasteiger charge is -2.35.